The zero-order valence-electron chi connectivity index (χ0n) is 12.7. The minimum Gasteiger partial charge on any atom is -0.392 e. The molecule has 0 saturated heterocycles. The van der Waals surface area contributed by atoms with E-state index in [1.54, 1.807) is 0 Å². The molecular formula is C17H26O2. The maximum atomic E-state index is 10.6. The van der Waals surface area contributed by atoms with Gasteiger partial charge in [0.05, 0.1) is 12.7 Å². The van der Waals surface area contributed by atoms with Gasteiger partial charge in [0.25, 0.3) is 0 Å². The maximum Gasteiger partial charge on any atom is 0.0681 e. The van der Waals surface area contributed by atoms with Crippen molar-refractivity contribution in [2.45, 2.75) is 65.1 Å². The Kier molecular flexibility index (Phi) is 3.53. The van der Waals surface area contributed by atoms with Crippen LogP contribution in [0.5, 0.6) is 0 Å². The van der Waals surface area contributed by atoms with Gasteiger partial charge >= 0.3 is 0 Å². The molecule has 0 saturated carbocycles. The molecule has 2 N–H and O–H groups in total. The summed E-state index contributed by atoms with van der Waals surface area (Å²) >= 11 is 0. The van der Waals surface area contributed by atoms with Crippen LogP contribution in [0.15, 0.2) is 18.2 Å². The van der Waals surface area contributed by atoms with Gasteiger partial charge in [-0.25, -0.2) is 0 Å². The highest BCUT2D eigenvalue weighted by atomic mass is 16.3. The Morgan fingerprint density at radius 3 is 2.42 bits per heavy atom. The van der Waals surface area contributed by atoms with Crippen molar-refractivity contribution in [3.05, 3.63) is 34.9 Å². The molecule has 1 aromatic rings. The average Bonchev–Trinajstić information content (AvgIpc) is 2.25. The van der Waals surface area contributed by atoms with Crippen LogP contribution in [-0.4, -0.2) is 16.3 Å². The van der Waals surface area contributed by atoms with Crippen molar-refractivity contribution in [1.82, 2.24) is 0 Å². The fraction of sp³-hybridized carbons (Fsp3) is 0.647. The molecule has 0 bridgehead atoms. The van der Waals surface area contributed by atoms with Crippen LogP contribution in [0, 0.1) is 5.41 Å². The van der Waals surface area contributed by atoms with Gasteiger partial charge in [-0.1, -0.05) is 52.8 Å². The number of hydrogen-bond acceptors (Lipinski definition) is 2. The Morgan fingerprint density at radius 1 is 1.26 bits per heavy atom. The van der Waals surface area contributed by atoms with E-state index < -0.39 is 0 Å². The highest BCUT2D eigenvalue weighted by molar-refractivity contribution is 5.43. The summed E-state index contributed by atoms with van der Waals surface area (Å²) in [5.74, 6) is 0.127. The number of aliphatic hydroxyl groups is 2. The summed E-state index contributed by atoms with van der Waals surface area (Å²) in [7, 11) is 0. The van der Waals surface area contributed by atoms with Crippen LogP contribution < -0.4 is 0 Å². The normalized spacial score (nSPS) is 26.1. The molecule has 1 aliphatic rings. The molecule has 0 fully saturated rings. The number of hydrogen-bond donors (Lipinski definition) is 2. The molecule has 0 heterocycles. The molecule has 0 amide bonds. The zero-order valence-corrected chi connectivity index (χ0v) is 12.7. The summed E-state index contributed by atoms with van der Waals surface area (Å²) in [6.45, 7) is 11.0. The largest absolute Gasteiger partial charge is 0.392 e. The van der Waals surface area contributed by atoms with Crippen molar-refractivity contribution in [3.8, 4) is 0 Å². The molecular weight excluding hydrogens is 236 g/mol. The standard InChI is InChI=1S/C17H26O2/c1-16(2,3)15-12-8-11(10-18)6-7-13(12)17(4,5)9-14(15)19/h6-8,14-15,18-19H,9-10H2,1-5H3. The van der Waals surface area contributed by atoms with Gasteiger partial charge in [0, 0.05) is 5.92 Å². The van der Waals surface area contributed by atoms with Crippen LogP contribution in [0.4, 0.5) is 0 Å². The second-order valence-electron chi connectivity index (χ2n) is 7.58. The van der Waals surface area contributed by atoms with Crippen molar-refractivity contribution < 1.29 is 10.2 Å². The molecule has 19 heavy (non-hydrogen) atoms. The third-order valence-corrected chi connectivity index (χ3v) is 4.40. The lowest BCUT2D eigenvalue weighted by Gasteiger charge is -2.45. The number of rotatable bonds is 1. The first-order valence-electron chi connectivity index (χ1n) is 7.09. The van der Waals surface area contributed by atoms with Gasteiger partial charge in [-0.05, 0) is 33.9 Å². The van der Waals surface area contributed by atoms with Crippen LogP contribution >= 0.6 is 0 Å². The monoisotopic (exact) mass is 262 g/mol. The van der Waals surface area contributed by atoms with Gasteiger partial charge < -0.3 is 10.2 Å². The van der Waals surface area contributed by atoms with E-state index in [4.69, 9.17) is 0 Å². The van der Waals surface area contributed by atoms with Gasteiger partial charge in [-0.2, -0.15) is 0 Å². The summed E-state index contributed by atoms with van der Waals surface area (Å²) in [4.78, 5) is 0. The first-order chi connectivity index (χ1) is 8.66. The summed E-state index contributed by atoms with van der Waals surface area (Å²) < 4.78 is 0. The fourth-order valence-corrected chi connectivity index (χ4v) is 3.59. The minimum absolute atomic E-state index is 0.00944. The van der Waals surface area contributed by atoms with Crippen LogP contribution in [0.2, 0.25) is 0 Å². The Balaban J connectivity index is 2.63. The van der Waals surface area contributed by atoms with Crippen LogP contribution in [-0.2, 0) is 12.0 Å². The van der Waals surface area contributed by atoms with E-state index in [0.29, 0.717) is 0 Å². The van der Waals surface area contributed by atoms with Crippen LogP contribution in [0.25, 0.3) is 0 Å². The Hall–Kier alpha value is -0.860. The Labute approximate surface area is 116 Å². The van der Waals surface area contributed by atoms with Gasteiger partial charge in [-0.15, -0.1) is 0 Å². The first kappa shape index (κ1) is 14.5. The third-order valence-electron chi connectivity index (χ3n) is 4.40. The molecule has 2 rings (SSSR count). The Bertz CT molecular complexity index is 469. The molecule has 0 aromatic heterocycles. The predicted octanol–water partition coefficient (Wildman–Crippen LogP) is 3.35. The van der Waals surface area contributed by atoms with E-state index in [1.165, 1.54) is 11.1 Å². The van der Waals surface area contributed by atoms with E-state index in [-0.39, 0.29) is 29.5 Å². The van der Waals surface area contributed by atoms with Gasteiger partial charge in [0.2, 0.25) is 0 Å². The lowest BCUT2D eigenvalue weighted by Crippen LogP contribution is -2.41. The molecule has 0 radical (unpaired) electrons. The summed E-state index contributed by atoms with van der Waals surface area (Å²) in [6, 6.07) is 6.21. The molecule has 0 aliphatic heterocycles. The smallest absolute Gasteiger partial charge is 0.0681 e. The fourth-order valence-electron chi connectivity index (χ4n) is 3.59. The zero-order chi connectivity index (χ0) is 14.4. The summed E-state index contributed by atoms with van der Waals surface area (Å²) in [6.07, 6.45) is 0.469. The second-order valence-corrected chi connectivity index (χ2v) is 7.58. The minimum atomic E-state index is -0.323. The van der Waals surface area contributed by atoms with Gasteiger partial charge in [0.15, 0.2) is 0 Å². The third kappa shape index (κ3) is 2.56. The second kappa shape index (κ2) is 4.60. The summed E-state index contributed by atoms with van der Waals surface area (Å²) in [5, 5.41) is 19.9. The number of benzene rings is 1. The Morgan fingerprint density at radius 2 is 1.89 bits per heavy atom. The molecule has 0 spiro atoms. The van der Waals surface area contributed by atoms with E-state index in [1.807, 2.05) is 6.07 Å². The first-order valence-corrected chi connectivity index (χ1v) is 7.09. The van der Waals surface area contributed by atoms with Crippen molar-refractivity contribution in [2.24, 2.45) is 5.41 Å². The van der Waals surface area contributed by atoms with E-state index >= 15 is 0 Å². The average molecular weight is 262 g/mol. The molecule has 106 valence electrons. The molecule has 2 heteroatoms. The molecule has 1 aromatic carbocycles. The summed E-state index contributed by atoms with van der Waals surface area (Å²) in [5.41, 5.74) is 3.46. The highest BCUT2D eigenvalue weighted by Gasteiger charge is 2.43. The van der Waals surface area contributed by atoms with Crippen molar-refractivity contribution in [2.75, 3.05) is 0 Å². The van der Waals surface area contributed by atoms with Crippen molar-refractivity contribution in [1.29, 1.82) is 0 Å². The van der Waals surface area contributed by atoms with Crippen molar-refractivity contribution >= 4 is 0 Å². The van der Waals surface area contributed by atoms with E-state index in [2.05, 4.69) is 46.8 Å². The molecule has 2 nitrogen and oxygen atoms in total. The van der Waals surface area contributed by atoms with Crippen molar-refractivity contribution in [3.63, 3.8) is 0 Å². The predicted molar refractivity (Wildman–Crippen MR) is 78.2 cm³/mol. The van der Waals surface area contributed by atoms with Gasteiger partial charge in [0.1, 0.15) is 0 Å². The maximum absolute atomic E-state index is 10.6. The number of fused-ring (bicyclic) bond motifs is 1. The number of aliphatic hydroxyl groups excluding tert-OH is 2. The quantitative estimate of drug-likeness (QED) is 0.815. The lowest BCUT2D eigenvalue weighted by atomic mass is 9.61. The van der Waals surface area contributed by atoms with Crippen LogP contribution in [0.1, 0.15) is 63.6 Å². The van der Waals surface area contributed by atoms with E-state index in [9.17, 15) is 10.2 Å². The van der Waals surface area contributed by atoms with E-state index in [0.717, 1.165) is 12.0 Å². The molecule has 2 unspecified atom stereocenters. The topological polar surface area (TPSA) is 40.5 Å². The molecule has 2 atom stereocenters. The lowest BCUT2D eigenvalue weighted by molar-refractivity contribution is 0.0529. The SMILES string of the molecule is CC1(C)CC(O)C(C(C)(C)C)c2cc(CO)ccc21. The molecule has 1 aliphatic carbocycles. The van der Waals surface area contributed by atoms with Crippen LogP contribution in [0.3, 0.4) is 0 Å². The van der Waals surface area contributed by atoms with Gasteiger partial charge in [-0.3, -0.25) is 0 Å². The highest BCUT2D eigenvalue weighted by Crippen LogP contribution is 2.49.